The molecule has 0 spiro atoms. The van der Waals surface area contributed by atoms with Crippen LogP contribution < -0.4 is 0 Å². The second-order valence-corrected chi connectivity index (χ2v) is 12.1. The molecule has 9 aromatic rings. The van der Waals surface area contributed by atoms with Crippen LogP contribution in [0.3, 0.4) is 0 Å². The van der Waals surface area contributed by atoms with Crippen molar-refractivity contribution in [2.45, 2.75) is 0 Å². The molecule has 200 valence electrons. The summed E-state index contributed by atoms with van der Waals surface area (Å²) in [5, 5.41) is 7.31. The Morgan fingerprint density at radius 1 is 0.372 bits per heavy atom. The Kier molecular flexibility index (Phi) is 5.40. The molecule has 0 atom stereocenters. The van der Waals surface area contributed by atoms with Crippen molar-refractivity contribution < 1.29 is 0 Å². The standard InChI is InChI=1S/C40H24N2S/c1-2-8-25(9-3-1)28-18-20-37-34(22-28)35-23-29(19-21-38(35)43-37)26-14-16-27(17-15-26)36-24-41-39-32-12-6-4-10-30(32)31-11-5-7-13-33(31)40(39)42-36/h1-24H. The highest BCUT2D eigenvalue weighted by atomic mass is 32.1. The van der Waals surface area contributed by atoms with E-state index in [0.29, 0.717) is 0 Å². The molecule has 7 aromatic carbocycles. The number of aromatic nitrogens is 2. The molecule has 2 nitrogen and oxygen atoms in total. The summed E-state index contributed by atoms with van der Waals surface area (Å²) < 4.78 is 2.63. The Hall–Kier alpha value is -5.38. The van der Waals surface area contributed by atoms with Gasteiger partial charge in [-0.2, -0.15) is 0 Å². The fourth-order valence-corrected chi connectivity index (χ4v) is 7.43. The summed E-state index contributed by atoms with van der Waals surface area (Å²) in [5.41, 5.74) is 8.73. The lowest BCUT2D eigenvalue weighted by molar-refractivity contribution is 1.31. The van der Waals surface area contributed by atoms with Crippen LogP contribution in [-0.2, 0) is 0 Å². The molecule has 43 heavy (non-hydrogen) atoms. The van der Waals surface area contributed by atoms with Crippen molar-refractivity contribution in [1.82, 2.24) is 9.97 Å². The highest BCUT2D eigenvalue weighted by Gasteiger charge is 2.13. The molecular weight excluding hydrogens is 541 g/mol. The molecule has 0 saturated carbocycles. The third kappa shape index (κ3) is 3.93. The van der Waals surface area contributed by atoms with Gasteiger partial charge in [-0.15, -0.1) is 11.3 Å². The molecule has 2 aromatic heterocycles. The van der Waals surface area contributed by atoms with Gasteiger partial charge in [-0.05, 0) is 57.3 Å². The number of fused-ring (bicyclic) bond motifs is 9. The van der Waals surface area contributed by atoms with Gasteiger partial charge < -0.3 is 0 Å². The molecule has 0 unspecified atom stereocenters. The molecule has 9 rings (SSSR count). The highest BCUT2D eigenvalue weighted by molar-refractivity contribution is 7.25. The van der Waals surface area contributed by atoms with Gasteiger partial charge >= 0.3 is 0 Å². The molecule has 0 radical (unpaired) electrons. The van der Waals surface area contributed by atoms with Gasteiger partial charge in [0.2, 0.25) is 0 Å². The lowest BCUT2D eigenvalue weighted by atomic mass is 9.98. The normalized spacial score (nSPS) is 11.7. The maximum absolute atomic E-state index is 5.17. The van der Waals surface area contributed by atoms with E-state index in [-0.39, 0.29) is 0 Å². The number of rotatable bonds is 3. The van der Waals surface area contributed by atoms with Crippen molar-refractivity contribution in [3.05, 3.63) is 146 Å². The van der Waals surface area contributed by atoms with Crippen LogP contribution in [0.4, 0.5) is 0 Å². The van der Waals surface area contributed by atoms with Crippen LogP contribution in [0.5, 0.6) is 0 Å². The molecule has 0 aliphatic rings. The zero-order chi connectivity index (χ0) is 28.3. The average Bonchev–Trinajstić information content (AvgIpc) is 3.46. The quantitative estimate of drug-likeness (QED) is 0.199. The largest absolute Gasteiger partial charge is 0.252 e. The summed E-state index contributed by atoms with van der Waals surface area (Å²) in [5.74, 6) is 0. The lowest BCUT2D eigenvalue weighted by Crippen LogP contribution is -1.92. The van der Waals surface area contributed by atoms with Crippen molar-refractivity contribution in [2.24, 2.45) is 0 Å². The van der Waals surface area contributed by atoms with Crippen molar-refractivity contribution in [3.8, 4) is 33.5 Å². The third-order valence-electron chi connectivity index (χ3n) is 8.52. The minimum absolute atomic E-state index is 0.882. The van der Waals surface area contributed by atoms with E-state index < -0.39 is 0 Å². The summed E-state index contributed by atoms with van der Waals surface area (Å²) in [6.45, 7) is 0. The summed E-state index contributed by atoms with van der Waals surface area (Å²) >= 11 is 1.86. The van der Waals surface area contributed by atoms with Crippen LogP contribution in [0.1, 0.15) is 0 Å². The molecular formula is C40H24N2S. The molecule has 0 amide bonds. The van der Waals surface area contributed by atoms with Crippen LogP contribution in [0.2, 0.25) is 0 Å². The van der Waals surface area contributed by atoms with Gasteiger partial charge in [0.25, 0.3) is 0 Å². The molecule has 0 bridgehead atoms. The number of nitrogens with zero attached hydrogens (tertiary/aromatic N) is 2. The minimum atomic E-state index is 0.882. The zero-order valence-corrected chi connectivity index (χ0v) is 24.0. The molecule has 3 heteroatoms. The van der Waals surface area contributed by atoms with Crippen LogP contribution in [0, 0.1) is 0 Å². The Morgan fingerprint density at radius 2 is 0.860 bits per heavy atom. The SMILES string of the molecule is c1ccc(-c2ccc3sc4ccc(-c5ccc(-c6cnc7c8ccccc8c8ccccc8c7n6)cc5)cc4c3c2)cc1. The molecule has 0 aliphatic carbocycles. The van der Waals surface area contributed by atoms with Crippen molar-refractivity contribution in [1.29, 1.82) is 0 Å². The van der Waals surface area contributed by atoms with E-state index in [1.807, 2.05) is 17.5 Å². The maximum atomic E-state index is 5.17. The molecule has 0 fully saturated rings. The van der Waals surface area contributed by atoms with Gasteiger partial charge in [-0.1, -0.05) is 115 Å². The number of hydrogen-bond acceptors (Lipinski definition) is 3. The fraction of sp³-hybridized carbons (Fsp3) is 0. The number of hydrogen-bond donors (Lipinski definition) is 0. The smallest absolute Gasteiger partial charge is 0.0979 e. The van der Waals surface area contributed by atoms with Gasteiger partial charge in [0.05, 0.1) is 22.9 Å². The minimum Gasteiger partial charge on any atom is -0.252 e. The lowest BCUT2D eigenvalue weighted by Gasteiger charge is -2.10. The predicted molar refractivity (Wildman–Crippen MR) is 184 cm³/mol. The van der Waals surface area contributed by atoms with E-state index in [1.165, 1.54) is 53.2 Å². The van der Waals surface area contributed by atoms with E-state index in [1.54, 1.807) is 0 Å². The van der Waals surface area contributed by atoms with Crippen LogP contribution >= 0.6 is 11.3 Å². The zero-order valence-electron chi connectivity index (χ0n) is 23.2. The summed E-state index contributed by atoms with van der Waals surface area (Å²) in [4.78, 5) is 10.1. The van der Waals surface area contributed by atoms with E-state index in [0.717, 1.165) is 33.1 Å². The van der Waals surface area contributed by atoms with Crippen molar-refractivity contribution in [2.75, 3.05) is 0 Å². The van der Waals surface area contributed by atoms with Crippen LogP contribution in [0.25, 0.3) is 86.3 Å². The van der Waals surface area contributed by atoms with E-state index in [4.69, 9.17) is 9.97 Å². The Balaban J connectivity index is 1.12. The van der Waals surface area contributed by atoms with Gasteiger partial charge in [0, 0.05) is 36.5 Å². The van der Waals surface area contributed by atoms with Gasteiger partial charge in [0.1, 0.15) is 0 Å². The van der Waals surface area contributed by atoms with Crippen molar-refractivity contribution >= 4 is 64.1 Å². The Morgan fingerprint density at radius 3 is 1.49 bits per heavy atom. The molecule has 0 N–H and O–H groups in total. The summed E-state index contributed by atoms with van der Waals surface area (Å²) in [6.07, 6.45) is 1.91. The second-order valence-electron chi connectivity index (χ2n) is 11.0. The van der Waals surface area contributed by atoms with E-state index in [9.17, 15) is 0 Å². The number of benzene rings is 7. The molecule has 0 saturated heterocycles. The summed E-state index contributed by atoms with van der Waals surface area (Å²) in [7, 11) is 0. The third-order valence-corrected chi connectivity index (χ3v) is 9.67. The number of thiophene rings is 1. The first kappa shape index (κ1) is 24.2. The predicted octanol–water partition coefficient (Wildman–Crippen LogP) is 11.3. The van der Waals surface area contributed by atoms with E-state index >= 15 is 0 Å². The van der Waals surface area contributed by atoms with Gasteiger partial charge in [0.15, 0.2) is 0 Å². The molecule has 0 aliphatic heterocycles. The molecule has 2 heterocycles. The second kappa shape index (κ2) is 9.59. The summed E-state index contributed by atoms with van der Waals surface area (Å²) in [6, 6.07) is 50.0. The Bertz CT molecular complexity index is 2460. The Labute approximate surface area is 252 Å². The van der Waals surface area contributed by atoms with Crippen LogP contribution in [0.15, 0.2) is 146 Å². The van der Waals surface area contributed by atoms with Crippen molar-refractivity contribution in [3.63, 3.8) is 0 Å². The average molecular weight is 565 g/mol. The topological polar surface area (TPSA) is 25.8 Å². The first-order valence-electron chi connectivity index (χ1n) is 14.5. The van der Waals surface area contributed by atoms with Gasteiger partial charge in [-0.3, -0.25) is 4.98 Å². The highest BCUT2D eigenvalue weighted by Crippen LogP contribution is 2.39. The maximum Gasteiger partial charge on any atom is 0.0979 e. The monoisotopic (exact) mass is 564 g/mol. The fourth-order valence-electron chi connectivity index (χ4n) is 6.36. The first-order chi connectivity index (χ1) is 21.3. The first-order valence-corrected chi connectivity index (χ1v) is 15.3. The van der Waals surface area contributed by atoms with Crippen LogP contribution in [-0.4, -0.2) is 9.97 Å². The van der Waals surface area contributed by atoms with E-state index in [2.05, 4.69) is 140 Å². The van der Waals surface area contributed by atoms with Gasteiger partial charge in [-0.25, -0.2) is 4.98 Å².